The molecule has 2 N–H and O–H groups in total. The zero-order chi connectivity index (χ0) is 21.5. The SMILES string of the molecule is COc1cccc(NC(=O)CN(C)C(=O)COC(=O)Cc2c[nH]c3ccccc23)c1. The zero-order valence-electron chi connectivity index (χ0n) is 16.8. The lowest BCUT2D eigenvalue weighted by Gasteiger charge is -2.17. The van der Waals surface area contributed by atoms with Crippen LogP contribution >= 0.6 is 0 Å². The van der Waals surface area contributed by atoms with Crippen LogP contribution in [-0.4, -0.2) is 55.0 Å². The highest BCUT2D eigenvalue weighted by atomic mass is 16.5. The number of H-pyrrole nitrogens is 1. The van der Waals surface area contributed by atoms with Gasteiger partial charge >= 0.3 is 5.97 Å². The molecule has 0 saturated heterocycles. The summed E-state index contributed by atoms with van der Waals surface area (Å²) in [5, 5.41) is 3.63. The molecule has 156 valence electrons. The van der Waals surface area contributed by atoms with E-state index in [0.29, 0.717) is 11.4 Å². The molecule has 2 aromatic carbocycles. The van der Waals surface area contributed by atoms with Crippen LogP contribution in [-0.2, 0) is 25.5 Å². The first-order valence-electron chi connectivity index (χ1n) is 9.34. The second-order valence-electron chi connectivity index (χ2n) is 6.73. The topological polar surface area (TPSA) is 101 Å². The van der Waals surface area contributed by atoms with Crippen molar-refractivity contribution in [3.05, 3.63) is 60.3 Å². The highest BCUT2D eigenvalue weighted by molar-refractivity contribution is 5.95. The van der Waals surface area contributed by atoms with Crippen molar-refractivity contribution in [2.75, 3.05) is 32.6 Å². The molecule has 0 saturated carbocycles. The maximum absolute atomic E-state index is 12.2. The number of aromatic amines is 1. The summed E-state index contributed by atoms with van der Waals surface area (Å²) in [6, 6.07) is 14.5. The number of hydrogen-bond donors (Lipinski definition) is 2. The van der Waals surface area contributed by atoms with Gasteiger partial charge in [0.25, 0.3) is 5.91 Å². The molecule has 3 aromatic rings. The van der Waals surface area contributed by atoms with Crippen molar-refractivity contribution in [3.63, 3.8) is 0 Å². The first-order valence-corrected chi connectivity index (χ1v) is 9.34. The molecule has 2 amide bonds. The highest BCUT2D eigenvalue weighted by Gasteiger charge is 2.16. The third-order valence-corrected chi connectivity index (χ3v) is 4.53. The van der Waals surface area contributed by atoms with Crippen molar-refractivity contribution in [2.45, 2.75) is 6.42 Å². The van der Waals surface area contributed by atoms with Crippen molar-refractivity contribution in [1.82, 2.24) is 9.88 Å². The van der Waals surface area contributed by atoms with Crippen molar-refractivity contribution in [3.8, 4) is 5.75 Å². The molecule has 8 nitrogen and oxygen atoms in total. The van der Waals surface area contributed by atoms with Gasteiger partial charge in [-0.25, -0.2) is 0 Å². The molecule has 0 aliphatic rings. The summed E-state index contributed by atoms with van der Waals surface area (Å²) in [4.78, 5) is 40.7. The Balaban J connectivity index is 1.45. The van der Waals surface area contributed by atoms with Crippen molar-refractivity contribution in [2.24, 2.45) is 0 Å². The summed E-state index contributed by atoms with van der Waals surface area (Å²) in [6.45, 7) is -0.597. The van der Waals surface area contributed by atoms with Gasteiger partial charge in [-0.15, -0.1) is 0 Å². The van der Waals surface area contributed by atoms with Crippen LogP contribution in [0.4, 0.5) is 5.69 Å². The largest absolute Gasteiger partial charge is 0.497 e. The number of carbonyl (C=O) groups is 3. The number of para-hydroxylation sites is 1. The maximum Gasteiger partial charge on any atom is 0.310 e. The summed E-state index contributed by atoms with van der Waals surface area (Å²) in [7, 11) is 3.01. The Bertz CT molecular complexity index is 1060. The third-order valence-electron chi connectivity index (χ3n) is 4.53. The molecular weight excluding hydrogens is 386 g/mol. The molecule has 8 heteroatoms. The summed E-state index contributed by atoms with van der Waals surface area (Å²) in [5.74, 6) is -0.742. The van der Waals surface area contributed by atoms with Crippen LogP contribution in [0.15, 0.2) is 54.7 Å². The summed E-state index contributed by atoms with van der Waals surface area (Å²) in [6.07, 6.45) is 1.81. The van der Waals surface area contributed by atoms with Gasteiger partial charge in [0.2, 0.25) is 5.91 Å². The molecule has 1 aromatic heterocycles. The van der Waals surface area contributed by atoms with E-state index in [1.165, 1.54) is 19.1 Å². The van der Waals surface area contributed by atoms with Crippen LogP contribution in [0.2, 0.25) is 0 Å². The number of likely N-dealkylation sites (N-methyl/N-ethyl adjacent to an activating group) is 1. The number of amides is 2. The van der Waals surface area contributed by atoms with Crippen LogP contribution in [0.25, 0.3) is 10.9 Å². The molecule has 0 fully saturated rings. The number of hydrogen-bond acceptors (Lipinski definition) is 5. The number of nitrogens with zero attached hydrogens (tertiary/aromatic N) is 1. The van der Waals surface area contributed by atoms with E-state index in [9.17, 15) is 14.4 Å². The number of fused-ring (bicyclic) bond motifs is 1. The number of esters is 1. The van der Waals surface area contributed by atoms with E-state index in [1.54, 1.807) is 30.5 Å². The number of carbonyl (C=O) groups excluding carboxylic acids is 3. The average molecular weight is 409 g/mol. The van der Waals surface area contributed by atoms with Gasteiger partial charge in [-0.2, -0.15) is 0 Å². The number of ether oxygens (including phenoxy) is 2. The monoisotopic (exact) mass is 409 g/mol. The van der Waals surface area contributed by atoms with Gasteiger partial charge < -0.3 is 24.7 Å². The average Bonchev–Trinajstić information content (AvgIpc) is 3.14. The van der Waals surface area contributed by atoms with Crippen molar-refractivity contribution < 1.29 is 23.9 Å². The predicted molar refractivity (Wildman–Crippen MR) is 112 cm³/mol. The highest BCUT2D eigenvalue weighted by Crippen LogP contribution is 2.18. The van der Waals surface area contributed by atoms with Gasteiger partial charge in [0.05, 0.1) is 20.1 Å². The van der Waals surface area contributed by atoms with Crippen molar-refractivity contribution in [1.29, 1.82) is 0 Å². The van der Waals surface area contributed by atoms with Gasteiger partial charge in [-0.05, 0) is 23.8 Å². The van der Waals surface area contributed by atoms with Gasteiger partial charge in [0.15, 0.2) is 6.61 Å². The number of rotatable bonds is 8. The van der Waals surface area contributed by atoms with Gasteiger partial charge in [-0.1, -0.05) is 24.3 Å². The lowest BCUT2D eigenvalue weighted by molar-refractivity contribution is -0.151. The fourth-order valence-electron chi connectivity index (χ4n) is 2.94. The number of benzene rings is 2. The maximum atomic E-state index is 12.2. The molecule has 0 unspecified atom stereocenters. The summed E-state index contributed by atoms with van der Waals surface area (Å²) < 4.78 is 10.2. The Morgan fingerprint density at radius 3 is 2.70 bits per heavy atom. The number of aromatic nitrogens is 1. The Morgan fingerprint density at radius 2 is 1.90 bits per heavy atom. The Hall–Kier alpha value is -3.81. The minimum Gasteiger partial charge on any atom is -0.497 e. The standard InChI is InChI=1S/C22H23N3O5/c1-25(13-20(26)24-16-6-5-7-17(11-16)29-2)21(27)14-30-22(28)10-15-12-23-19-9-4-3-8-18(15)19/h3-9,11-12,23H,10,13-14H2,1-2H3,(H,24,26). The lowest BCUT2D eigenvalue weighted by atomic mass is 10.1. The number of anilines is 1. The molecule has 0 radical (unpaired) electrons. The van der Waals surface area contributed by atoms with Gasteiger partial charge in [-0.3, -0.25) is 14.4 Å². The molecule has 3 rings (SSSR count). The Labute approximate surface area is 173 Å². The zero-order valence-corrected chi connectivity index (χ0v) is 16.8. The summed E-state index contributed by atoms with van der Waals surface area (Å²) in [5.41, 5.74) is 2.29. The van der Waals surface area contributed by atoms with E-state index < -0.39 is 18.5 Å². The fraction of sp³-hybridized carbons (Fsp3) is 0.227. The second-order valence-corrected chi connectivity index (χ2v) is 6.73. The Morgan fingerprint density at radius 1 is 1.10 bits per heavy atom. The van der Waals surface area contributed by atoms with Crippen LogP contribution < -0.4 is 10.1 Å². The first-order chi connectivity index (χ1) is 14.5. The normalized spacial score (nSPS) is 10.5. The van der Waals surface area contributed by atoms with E-state index >= 15 is 0 Å². The van der Waals surface area contributed by atoms with Crippen molar-refractivity contribution >= 4 is 34.4 Å². The van der Waals surface area contributed by atoms with E-state index in [4.69, 9.17) is 9.47 Å². The quantitative estimate of drug-likeness (QED) is 0.556. The van der Waals surface area contributed by atoms with E-state index in [1.807, 2.05) is 24.3 Å². The fourth-order valence-corrected chi connectivity index (χ4v) is 2.94. The molecule has 1 heterocycles. The van der Waals surface area contributed by atoms with E-state index in [-0.39, 0.29) is 18.9 Å². The minimum atomic E-state index is -0.512. The van der Waals surface area contributed by atoms with Crippen LogP contribution in [0, 0.1) is 0 Å². The second kappa shape index (κ2) is 9.60. The molecule has 0 bridgehead atoms. The van der Waals surface area contributed by atoms with E-state index in [2.05, 4.69) is 10.3 Å². The van der Waals surface area contributed by atoms with Crippen LogP contribution in [0.3, 0.4) is 0 Å². The molecule has 30 heavy (non-hydrogen) atoms. The first kappa shape index (κ1) is 20.9. The van der Waals surface area contributed by atoms with Crippen LogP contribution in [0.5, 0.6) is 5.75 Å². The lowest BCUT2D eigenvalue weighted by Crippen LogP contribution is -2.37. The summed E-state index contributed by atoms with van der Waals surface area (Å²) >= 11 is 0. The minimum absolute atomic E-state index is 0.0529. The van der Waals surface area contributed by atoms with Gasteiger partial charge in [0, 0.05) is 35.9 Å². The van der Waals surface area contributed by atoms with Crippen LogP contribution in [0.1, 0.15) is 5.56 Å². The Kier molecular flexibility index (Phi) is 6.69. The van der Waals surface area contributed by atoms with E-state index in [0.717, 1.165) is 16.5 Å². The third kappa shape index (κ3) is 5.38. The molecular formula is C22H23N3O5. The smallest absolute Gasteiger partial charge is 0.310 e. The molecule has 0 atom stereocenters. The molecule has 0 aliphatic carbocycles. The van der Waals surface area contributed by atoms with Gasteiger partial charge in [0.1, 0.15) is 5.75 Å². The number of nitrogens with one attached hydrogen (secondary N) is 2. The predicted octanol–water partition coefficient (Wildman–Crippen LogP) is 2.36. The number of methoxy groups -OCH3 is 1. The molecule has 0 spiro atoms. The molecule has 0 aliphatic heterocycles.